The van der Waals surface area contributed by atoms with Crippen LogP contribution >= 0.6 is 45.8 Å². The molecule has 0 spiro atoms. The van der Waals surface area contributed by atoms with Gasteiger partial charge in [-0.1, -0.05) is 17.7 Å². The van der Waals surface area contributed by atoms with Crippen LogP contribution in [0.4, 0.5) is 5.82 Å². The largest absolute Gasteiger partial charge is 0.306 e. The number of anilines is 1. The number of halogens is 3. The Balaban J connectivity index is 2.21. The summed E-state index contributed by atoms with van der Waals surface area (Å²) in [5, 5.41) is 2.77. The van der Waals surface area contributed by atoms with Crippen molar-refractivity contribution < 1.29 is 4.79 Å². The number of aromatic nitrogens is 2. The predicted molar refractivity (Wildman–Crippen MR) is 79.2 cm³/mol. The maximum Gasteiger partial charge on any atom is 0.256 e. The highest BCUT2D eigenvalue weighted by molar-refractivity contribution is 14.1. The third-order valence-corrected chi connectivity index (χ3v) is 3.03. The Morgan fingerprint density at radius 1 is 1.22 bits per heavy atom. The van der Waals surface area contributed by atoms with Gasteiger partial charge in [-0.15, -0.1) is 0 Å². The molecule has 1 aromatic heterocycles. The summed E-state index contributed by atoms with van der Waals surface area (Å²) in [6.45, 7) is 0. The second-order valence-electron chi connectivity index (χ2n) is 3.31. The molecule has 0 fully saturated rings. The molecule has 1 aromatic carbocycles. The van der Waals surface area contributed by atoms with E-state index in [1.807, 2.05) is 6.07 Å². The SMILES string of the molecule is O=C(Nc1cc(Cl)nc(Cl)n1)c1cccc(I)c1. The summed E-state index contributed by atoms with van der Waals surface area (Å²) in [5.74, 6) is -0.0109. The molecule has 0 saturated carbocycles. The van der Waals surface area contributed by atoms with E-state index in [1.165, 1.54) is 6.07 Å². The number of rotatable bonds is 2. The number of hydrogen-bond acceptors (Lipinski definition) is 3. The molecule has 0 saturated heterocycles. The first-order chi connectivity index (χ1) is 8.54. The van der Waals surface area contributed by atoms with Crippen molar-refractivity contribution in [2.75, 3.05) is 5.32 Å². The van der Waals surface area contributed by atoms with Crippen LogP contribution in [0.3, 0.4) is 0 Å². The van der Waals surface area contributed by atoms with Crippen LogP contribution < -0.4 is 5.32 Å². The lowest BCUT2D eigenvalue weighted by atomic mass is 10.2. The highest BCUT2D eigenvalue weighted by Crippen LogP contribution is 2.16. The molecule has 0 atom stereocenters. The zero-order valence-corrected chi connectivity index (χ0v) is 12.5. The minimum Gasteiger partial charge on any atom is -0.306 e. The van der Waals surface area contributed by atoms with Crippen LogP contribution in [0.1, 0.15) is 10.4 Å². The maximum atomic E-state index is 11.9. The molecule has 0 unspecified atom stereocenters. The molecule has 1 amide bonds. The molecule has 1 heterocycles. The van der Waals surface area contributed by atoms with E-state index >= 15 is 0 Å². The third kappa shape index (κ3) is 3.54. The topological polar surface area (TPSA) is 54.9 Å². The van der Waals surface area contributed by atoms with E-state index in [2.05, 4.69) is 37.9 Å². The van der Waals surface area contributed by atoms with Crippen molar-refractivity contribution in [3.63, 3.8) is 0 Å². The first-order valence-corrected chi connectivity index (χ1v) is 6.65. The summed E-state index contributed by atoms with van der Waals surface area (Å²) in [4.78, 5) is 19.5. The Bertz CT molecular complexity index is 586. The molecular weight excluding hydrogens is 388 g/mol. The monoisotopic (exact) mass is 393 g/mol. The van der Waals surface area contributed by atoms with Crippen LogP contribution in [-0.2, 0) is 0 Å². The van der Waals surface area contributed by atoms with Gasteiger partial charge in [0.25, 0.3) is 5.91 Å². The second-order valence-corrected chi connectivity index (χ2v) is 5.28. The van der Waals surface area contributed by atoms with Crippen molar-refractivity contribution in [1.29, 1.82) is 0 Å². The van der Waals surface area contributed by atoms with Crippen LogP contribution in [0.25, 0.3) is 0 Å². The standard InChI is InChI=1S/C11H6Cl2IN3O/c12-8-5-9(17-11(13)15-8)16-10(18)6-2-1-3-7(14)4-6/h1-5H,(H,15,16,17,18). The molecule has 7 heteroatoms. The number of carbonyl (C=O) groups is 1. The number of hydrogen-bond donors (Lipinski definition) is 1. The van der Waals surface area contributed by atoms with Gasteiger partial charge in [-0.05, 0) is 52.4 Å². The van der Waals surface area contributed by atoms with Gasteiger partial charge >= 0.3 is 0 Å². The maximum absolute atomic E-state index is 11.9. The molecule has 2 rings (SSSR count). The molecule has 4 nitrogen and oxygen atoms in total. The lowest BCUT2D eigenvalue weighted by molar-refractivity contribution is 0.102. The number of amides is 1. The molecule has 0 aliphatic carbocycles. The van der Waals surface area contributed by atoms with Gasteiger partial charge in [0, 0.05) is 15.2 Å². The zero-order chi connectivity index (χ0) is 13.1. The number of carbonyl (C=O) groups excluding carboxylic acids is 1. The van der Waals surface area contributed by atoms with E-state index in [-0.39, 0.29) is 22.2 Å². The van der Waals surface area contributed by atoms with Gasteiger partial charge in [0.1, 0.15) is 11.0 Å². The van der Waals surface area contributed by atoms with Gasteiger partial charge in [-0.3, -0.25) is 4.79 Å². The lowest BCUT2D eigenvalue weighted by Crippen LogP contribution is -2.13. The van der Waals surface area contributed by atoms with Crippen LogP contribution in [0.15, 0.2) is 30.3 Å². The fraction of sp³-hybridized carbons (Fsp3) is 0. The summed E-state index contributed by atoms with van der Waals surface area (Å²) >= 11 is 13.5. The molecule has 2 aromatic rings. The third-order valence-electron chi connectivity index (χ3n) is 2.00. The van der Waals surface area contributed by atoms with E-state index in [0.29, 0.717) is 5.56 Å². The Labute approximate surface area is 127 Å². The second kappa shape index (κ2) is 5.81. The van der Waals surface area contributed by atoms with E-state index in [0.717, 1.165) is 3.57 Å². The van der Waals surface area contributed by atoms with Crippen LogP contribution in [-0.4, -0.2) is 15.9 Å². The van der Waals surface area contributed by atoms with Gasteiger partial charge in [0.15, 0.2) is 0 Å². The summed E-state index contributed by atoms with van der Waals surface area (Å²) in [5.41, 5.74) is 0.535. The van der Waals surface area contributed by atoms with E-state index in [9.17, 15) is 4.79 Å². The Morgan fingerprint density at radius 2 is 2.00 bits per heavy atom. The summed E-state index contributed by atoms with van der Waals surface area (Å²) in [6, 6.07) is 8.60. The Morgan fingerprint density at radius 3 is 2.67 bits per heavy atom. The number of nitrogens with one attached hydrogen (secondary N) is 1. The lowest BCUT2D eigenvalue weighted by Gasteiger charge is -2.05. The van der Waals surface area contributed by atoms with Crippen molar-refractivity contribution >= 4 is 57.5 Å². The predicted octanol–water partition coefficient (Wildman–Crippen LogP) is 3.64. The van der Waals surface area contributed by atoms with Gasteiger partial charge in [0.05, 0.1) is 0 Å². The smallest absolute Gasteiger partial charge is 0.256 e. The van der Waals surface area contributed by atoms with Crippen molar-refractivity contribution in [3.8, 4) is 0 Å². The summed E-state index contributed by atoms with van der Waals surface area (Å²) in [6.07, 6.45) is 0. The van der Waals surface area contributed by atoms with Crippen molar-refractivity contribution in [1.82, 2.24) is 9.97 Å². The van der Waals surface area contributed by atoms with Crippen molar-refractivity contribution in [2.45, 2.75) is 0 Å². The fourth-order valence-corrected chi connectivity index (χ4v) is 2.22. The molecular formula is C11H6Cl2IN3O. The normalized spacial score (nSPS) is 10.2. The molecule has 92 valence electrons. The summed E-state index contributed by atoms with van der Waals surface area (Å²) in [7, 11) is 0. The minimum absolute atomic E-state index is 0.0135. The minimum atomic E-state index is -0.278. The quantitative estimate of drug-likeness (QED) is 0.481. The van der Waals surface area contributed by atoms with E-state index < -0.39 is 0 Å². The van der Waals surface area contributed by atoms with E-state index in [4.69, 9.17) is 23.2 Å². The fourth-order valence-electron chi connectivity index (χ4n) is 1.27. The number of benzene rings is 1. The highest BCUT2D eigenvalue weighted by Gasteiger charge is 2.08. The van der Waals surface area contributed by atoms with Crippen LogP contribution in [0, 0.1) is 3.57 Å². The van der Waals surface area contributed by atoms with Gasteiger partial charge in [-0.2, -0.15) is 0 Å². The van der Waals surface area contributed by atoms with Gasteiger partial charge < -0.3 is 5.32 Å². The Kier molecular flexibility index (Phi) is 4.36. The van der Waals surface area contributed by atoms with E-state index in [1.54, 1.807) is 18.2 Å². The molecule has 0 radical (unpaired) electrons. The molecule has 18 heavy (non-hydrogen) atoms. The summed E-state index contributed by atoms with van der Waals surface area (Å²) < 4.78 is 0.971. The Hall–Kier alpha value is -0.920. The number of nitrogens with zero attached hydrogens (tertiary/aromatic N) is 2. The highest BCUT2D eigenvalue weighted by atomic mass is 127. The van der Waals surface area contributed by atoms with Crippen LogP contribution in [0.2, 0.25) is 10.4 Å². The zero-order valence-electron chi connectivity index (χ0n) is 8.82. The molecule has 0 bridgehead atoms. The van der Waals surface area contributed by atoms with Crippen LogP contribution in [0.5, 0.6) is 0 Å². The first-order valence-electron chi connectivity index (χ1n) is 4.81. The first kappa shape index (κ1) is 13.5. The van der Waals surface area contributed by atoms with Gasteiger partial charge in [0.2, 0.25) is 5.28 Å². The van der Waals surface area contributed by atoms with Gasteiger partial charge in [-0.25, -0.2) is 9.97 Å². The molecule has 0 aliphatic heterocycles. The average Bonchev–Trinajstić information content (AvgIpc) is 2.27. The molecule has 1 N–H and O–H groups in total. The molecule has 0 aliphatic rings. The van der Waals surface area contributed by atoms with Crippen molar-refractivity contribution in [2.24, 2.45) is 0 Å². The average molecular weight is 394 g/mol. The van der Waals surface area contributed by atoms with Crippen molar-refractivity contribution in [3.05, 3.63) is 49.9 Å².